The van der Waals surface area contributed by atoms with Crippen LogP contribution in [0.3, 0.4) is 0 Å². The fourth-order valence-corrected chi connectivity index (χ4v) is 4.49. The van der Waals surface area contributed by atoms with Crippen molar-refractivity contribution in [1.29, 1.82) is 0 Å². The number of hydrogen-bond donors (Lipinski definition) is 1. The molecule has 1 N–H and O–H groups in total. The lowest BCUT2D eigenvalue weighted by atomic mass is 10.2. The predicted molar refractivity (Wildman–Crippen MR) is 119 cm³/mol. The van der Waals surface area contributed by atoms with Gasteiger partial charge in [0.1, 0.15) is 30.0 Å². The van der Waals surface area contributed by atoms with Crippen LogP contribution in [-0.4, -0.2) is 27.3 Å². The van der Waals surface area contributed by atoms with E-state index < -0.39 is 0 Å². The molecule has 1 aliphatic heterocycles. The number of carbonyl (C=O) groups is 1. The molecule has 31 heavy (non-hydrogen) atoms. The number of rotatable bonds is 7. The highest BCUT2D eigenvalue weighted by atomic mass is 32.1. The van der Waals surface area contributed by atoms with Gasteiger partial charge in [-0.25, -0.2) is 0 Å². The van der Waals surface area contributed by atoms with Crippen molar-refractivity contribution in [1.82, 2.24) is 14.8 Å². The van der Waals surface area contributed by atoms with Crippen LogP contribution in [0.4, 0.5) is 5.13 Å². The van der Waals surface area contributed by atoms with Crippen LogP contribution < -0.4 is 10.1 Å². The Labute approximate surface area is 183 Å². The van der Waals surface area contributed by atoms with Gasteiger partial charge < -0.3 is 14.0 Å². The average Bonchev–Trinajstić information content (AvgIpc) is 3.54. The summed E-state index contributed by atoms with van der Waals surface area (Å²) < 4.78 is 13.4. The minimum absolute atomic E-state index is 0.00912. The third kappa shape index (κ3) is 4.60. The second kappa shape index (κ2) is 8.87. The van der Waals surface area contributed by atoms with Gasteiger partial charge in [-0.3, -0.25) is 10.1 Å². The van der Waals surface area contributed by atoms with Crippen molar-refractivity contribution in [3.8, 4) is 5.75 Å². The zero-order valence-electron chi connectivity index (χ0n) is 16.9. The van der Waals surface area contributed by atoms with E-state index in [1.165, 1.54) is 11.3 Å². The Morgan fingerprint density at radius 2 is 2.10 bits per heavy atom. The van der Waals surface area contributed by atoms with Gasteiger partial charge >= 0.3 is 0 Å². The molecule has 1 atom stereocenters. The number of amides is 1. The Morgan fingerprint density at radius 3 is 2.94 bits per heavy atom. The molecule has 5 rings (SSSR count). The normalized spacial score (nSPS) is 15.9. The molecule has 0 radical (unpaired) electrons. The third-order valence-electron chi connectivity index (χ3n) is 5.20. The van der Waals surface area contributed by atoms with E-state index in [2.05, 4.69) is 15.5 Å². The summed E-state index contributed by atoms with van der Waals surface area (Å²) in [5.41, 5.74) is 2.09. The smallest absolute Gasteiger partial charge is 0.246 e. The van der Waals surface area contributed by atoms with Crippen LogP contribution in [0.5, 0.6) is 5.75 Å². The number of hydrogen-bond acceptors (Lipinski definition) is 6. The van der Waals surface area contributed by atoms with Gasteiger partial charge in [-0.2, -0.15) is 0 Å². The Kier molecular flexibility index (Phi) is 5.64. The number of anilines is 1. The quantitative estimate of drug-likeness (QED) is 0.461. The third-order valence-corrected chi connectivity index (χ3v) is 6.13. The fourth-order valence-electron chi connectivity index (χ4n) is 3.65. The van der Waals surface area contributed by atoms with E-state index >= 15 is 0 Å². The maximum absolute atomic E-state index is 12.5. The summed E-state index contributed by atoms with van der Waals surface area (Å²) in [5, 5.41) is 13.4. The van der Waals surface area contributed by atoms with Crippen molar-refractivity contribution in [2.75, 3.05) is 11.9 Å². The molecule has 7 nitrogen and oxygen atoms in total. The molecule has 158 valence electrons. The SMILES string of the molecule is O=C(Cn1ccc2cc(OCc3ccccc3)ccc21)Nc1nnc([C@@H]2CCCO2)s1. The molecular formula is C23H22N4O3S. The van der Waals surface area contributed by atoms with Crippen molar-refractivity contribution in [2.24, 2.45) is 0 Å². The first-order chi connectivity index (χ1) is 15.2. The standard InChI is InChI=1S/C23H22N4O3S/c28-21(24-23-26-25-22(31-23)20-7-4-12-29-20)14-27-11-10-17-13-18(8-9-19(17)27)30-15-16-5-2-1-3-6-16/h1-3,5-6,8-11,13,20H,4,7,12,14-15H2,(H,24,26,28)/t20-/m0/s1. The van der Waals surface area contributed by atoms with E-state index in [0.29, 0.717) is 11.7 Å². The summed E-state index contributed by atoms with van der Waals surface area (Å²) in [6.07, 6.45) is 3.90. The van der Waals surface area contributed by atoms with Gasteiger partial charge in [-0.1, -0.05) is 41.7 Å². The van der Waals surface area contributed by atoms with Crippen molar-refractivity contribution in [2.45, 2.75) is 32.1 Å². The number of carbonyl (C=O) groups excluding carboxylic acids is 1. The highest BCUT2D eigenvalue weighted by molar-refractivity contribution is 7.15. The maximum Gasteiger partial charge on any atom is 0.246 e. The average molecular weight is 435 g/mol. The largest absolute Gasteiger partial charge is 0.489 e. The lowest BCUT2D eigenvalue weighted by Gasteiger charge is -2.08. The number of aromatic nitrogens is 3. The van der Waals surface area contributed by atoms with Crippen molar-refractivity contribution >= 4 is 33.3 Å². The summed E-state index contributed by atoms with van der Waals surface area (Å²) in [7, 11) is 0. The van der Waals surface area contributed by atoms with Gasteiger partial charge in [0.05, 0.1) is 0 Å². The zero-order valence-corrected chi connectivity index (χ0v) is 17.7. The molecule has 3 heterocycles. The molecule has 8 heteroatoms. The Hall–Kier alpha value is -3.23. The topological polar surface area (TPSA) is 78.3 Å². The summed E-state index contributed by atoms with van der Waals surface area (Å²) in [5.74, 6) is 0.658. The van der Waals surface area contributed by atoms with E-state index in [0.717, 1.165) is 46.7 Å². The first-order valence-corrected chi connectivity index (χ1v) is 11.1. The van der Waals surface area contributed by atoms with Crippen LogP contribution in [-0.2, 0) is 22.7 Å². The molecular weight excluding hydrogens is 412 g/mol. The second-order valence-corrected chi connectivity index (χ2v) is 8.44. The van der Waals surface area contributed by atoms with Crippen LogP contribution in [0, 0.1) is 0 Å². The molecule has 0 unspecified atom stereocenters. The highest BCUT2D eigenvalue weighted by Crippen LogP contribution is 2.32. The fraction of sp³-hybridized carbons (Fsp3) is 0.261. The summed E-state index contributed by atoms with van der Waals surface area (Å²) in [4.78, 5) is 12.5. The molecule has 0 spiro atoms. The lowest BCUT2D eigenvalue weighted by Crippen LogP contribution is -2.18. The van der Waals surface area contributed by atoms with Crippen LogP contribution in [0.2, 0.25) is 0 Å². The number of fused-ring (bicyclic) bond motifs is 1. The van der Waals surface area contributed by atoms with E-state index in [-0.39, 0.29) is 18.6 Å². The summed E-state index contributed by atoms with van der Waals surface area (Å²) in [6.45, 7) is 1.47. The second-order valence-electron chi connectivity index (χ2n) is 7.43. The van der Waals surface area contributed by atoms with Crippen LogP contribution in [0.15, 0.2) is 60.8 Å². The van der Waals surface area contributed by atoms with Crippen molar-refractivity contribution < 1.29 is 14.3 Å². The van der Waals surface area contributed by atoms with E-state index in [9.17, 15) is 4.79 Å². The molecule has 2 aromatic heterocycles. The lowest BCUT2D eigenvalue weighted by molar-refractivity contribution is -0.116. The van der Waals surface area contributed by atoms with Crippen LogP contribution in [0.1, 0.15) is 29.5 Å². The monoisotopic (exact) mass is 434 g/mol. The van der Waals surface area contributed by atoms with Gasteiger partial charge in [0.25, 0.3) is 0 Å². The molecule has 0 saturated carbocycles. The van der Waals surface area contributed by atoms with Crippen LogP contribution >= 0.6 is 11.3 Å². The Bertz CT molecular complexity index is 1180. The minimum Gasteiger partial charge on any atom is -0.489 e. The van der Waals surface area contributed by atoms with Crippen molar-refractivity contribution in [3.63, 3.8) is 0 Å². The molecule has 1 saturated heterocycles. The first-order valence-electron chi connectivity index (χ1n) is 10.2. The predicted octanol–water partition coefficient (Wildman–Crippen LogP) is 4.56. The molecule has 4 aromatic rings. The molecule has 0 bridgehead atoms. The van der Waals surface area contributed by atoms with Gasteiger partial charge in [0.15, 0.2) is 0 Å². The number of benzene rings is 2. The van der Waals surface area contributed by atoms with E-state index in [4.69, 9.17) is 9.47 Å². The van der Waals surface area contributed by atoms with Gasteiger partial charge in [0.2, 0.25) is 11.0 Å². The van der Waals surface area contributed by atoms with Gasteiger partial charge in [0, 0.05) is 23.7 Å². The van der Waals surface area contributed by atoms with Crippen molar-refractivity contribution in [3.05, 3.63) is 71.4 Å². The molecule has 1 amide bonds. The first kappa shape index (κ1) is 19.7. The Balaban J connectivity index is 1.21. The summed E-state index contributed by atoms with van der Waals surface area (Å²) >= 11 is 1.38. The number of nitrogens with zero attached hydrogens (tertiary/aromatic N) is 3. The zero-order chi connectivity index (χ0) is 21.0. The van der Waals surface area contributed by atoms with E-state index in [1.54, 1.807) is 0 Å². The highest BCUT2D eigenvalue weighted by Gasteiger charge is 2.22. The summed E-state index contributed by atoms with van der Waals surface area (Å²) in [6, 6.07) is 17.9. The Morgan fingerprint density at radius 1 is 1.19 bits per heavy atom. The molecule has 1 aliphatic rings. The number of ether oxygens (including phenoxy) is 2. The van der Waals surface area contributed by atoms with Crippen LogP contribution in [0.25, 0.3) is 10.9 Å². The molecule has 2 aromatic carbocycles. The molecule has 1 fully saturated rings. The maximum atomic E-state index is 12.5. The van der Waals surface area contributed by atoms with Gasteiger partial charge in [-0.15, -0.1) is 10.2 Å². The number of nitrogens with one attached hydrogen (secondary N) is 1. The van der Waals surface area contributed by atoms with E-state index in [1.807, 2.05) is 65.4 Å². The minimum atomic E-state index is -0.142. The molecule has 0 aliphatic carbocycles. The van der Waals surface area contributed by atoms with Gasteiger partial charge in [-0.05, 0) is 42.7 Å².